The second-order valence-corrected chi connectivity index (χ2v) is 5.85. The Bertz CT molecular complexity index is 235. The molecule has 5 heteroatoms. The van der Waals surface area contributed by atoms with Gasteiger partial charge in [0.1, 0.15) is 0 Å². The Morgan fingerprint density at radius 1 is 1.53 bits per heavy atom. The van der Waals surface area contributed by atoms with Gasteiger partial charge in [0.05, 0.1) is 12.0 Å². The van der Waals surface area contributed by atoms with Crippen molar-refractivity contribution in [3.63, 3.8) is 0 Å². The summed E-state index contributed by atoms with van der Waals surface area (Å²) in [5.41, 5.74) is 0.0963. The average molecular weight is 265 g/mol. The Balaban J connectivity index is 0.00000256. The lowest BCUT2D eigenvalue weighted by Crippen LogP contribution is -2.38. The fourth-order valence-corrected chi connectivity index (χ4v) is 2.02. The largest absolute Gasteiger partial charge is 0.391 e. The van der Waals surface area contributed by atoms with Crippen LogP contribution in [0.3, 0.4) is 0 Å². The molecule has 3 N–H and O–H groups in total. The lowest BCUT2D eigenvalue weighted by molar-refractivity contribution is -0.125. The highest BCUT2D eigenvalue weighted by molar-refractivity contribution is 5.85. The summed E-state index contributed by atoms with van der Waals surface area (Å²) >= 11 is 0. The van der Waals surface area contributed by atoms with Crippen LogP contribution in [-0.4, -0.2) is 36.8 Å². The first-order chi connectivity index (χ1) is 7.38. The van der Waals surface area contributed by atoms with Gasteiger partial charge in [-0.15, -0.1) is 12.4 Å². The average Bonchev–Trinajstić information content (AvgIpc) is 2.64. The number of amides is 1. The number of aliphatic hydroxyl groups excluding tert-OH is 1. The summed E-state index contributed by atoms with van der Waals surface area (Å²) in [6.07, 6.45) is 1.16. The van der Waals surface area contributed by atoms with Crippen molar-refractivity contribution < 1.29 is 9.90 Å². The van der Waals surface area contributed by atoms with Crippen molar-refractivity contribution in [2.45, 2.75) is 39.7 Å². The van der Waals surface area contributed by atoms with Crippen LogP contribution in [0, 0.1) is 11.3 Å². The first-order valence-electron chi connectivity index (χ1n) is 6.05. The summed E-state index contributed by atoms with van der Waals surface area (Å²) < 4.78 is 0. The number of hydrogen-bond acceptors (Lipinski definition) is 3. The summed E-state index contributed by atoms with van der Waals surface area (Å²) in [6.45, 7) is 8.30. The molecule has 1 heterocycles. The zero-order valence-corrected chi connectivity index (χ0v) is 11.8. The van der Waals surface area contributed by atoms with E-state index in [9.17, 15) is 9.90 Å². The van der Waals surface area contributed by atoms with Gasteiger partial charge in [-0.3, -0.25) is 4.79 Å². The van der Waals surface area contributed by atoms with E-state index >= 15 is 0 Å². The molecule has 0 spiro atoms. The lowest BCUT2D eigenvalue weighted by atomic mass is 9.89. The zero-order chi connectivity index (χ0) is 12.2. The molecule has 1 saturated heterocycles. The lowest BCUT2D eigenvalue weighted by Gasteiger charge is -2.22. The first-order valence-corrected chi connectivity index (χ1v) is 6.05. The van der Waals surface area contributed by atoms with Crippen LogP contribution in [0.1, 0.15) is 33.6 Å². The maximum atomic E-state index is 11.7. The van der Waals surface area contributed by atoms with E-state index in [4.69, 9.17) is 0 Å². The van der Waals surface area contributed by atoms with Crippen LogP contribution >= 0.6 is 12.4 Å². The predicted octanol–water partition coefficient (Wildman–Crippen LogP) is 0.931. The van der Waals surface area contributed by atoms with Crippen molar-refractivity contribution in [3.05, 3.63) is 0 Å². The minimum absolute atomic E-state index is 0. The number of nitrogens with one attached hydrogen (secondary N) is 2. The molecule has 2 atom stereocenters. The van der Waals surface area contributed by atoms with Gasteiger partial charge < -0.3 is 15.7 Å². The van der Waals surface area contributed by atoms with E-state index in [1.807, 2.05) is 0 Å². The Hall–Kier alpha value is -0.320. The fraction of sp³-hybridized carbons (Fsp3) is 0.917. The number of aliphatic hydroxyl groups is 1. The van der Waals surface area contributed by atoms with Crippen molar-refractivity contribution in [2.24, 2.45) is 11.3 Å². The second kappa shape index (κ2) is 7.19. The molecule has 1 amide bonds. The number of rotatable bonds is 4. The molecule has 4 nitrogen and oxygen atoms in total. The van der Waals surface area contributed by atoms with Crippen molar-refractivity contribution in [1.82, 2.24) is 10.6 Å². The monoisotopic (exact) mass is 264 g/mol. The molecule has 1 fully saturated rings. The third kappa shape index (κ3) is 6.86. The minimum atomic E-state index is -0.446. The number of carbonyl (C=O) groups is 1. The highest BCUT2D eigenvalue weighted by Crippen LogP contribution is 2.20. The van der Waals surface area contributed by atoms with Crippen LogP contribution in [0.4, 0.5) is 0 Å². The highest BCUT2D eigenvalue weighted by Gasteiger charge is 2.23. The van der Waals surface area contributed by atoms with Gasteiger partial charge in [-0.25, -0.2) is 0 Å². The van der Waals surface area contributed by atoms with Gasteiger partial charge in [-0.2, -0.15) is 0 Å². The van der Waals surface area contributed by atoms with E-state index < -0.39 is 6.10 Å². The number of halogens is 1. The summed E-state index contributed by atoms with van der Waals surface area (Å²) in [7, 11) is 0. The quantitative estimate of drug-likeness (QED) is 0.708. The highest BCUT2D eigenvalue weighted by atomic mass is 35.5. The third-order valence-electron chi connectivity index (χ3n) is 2.79. The van der Waals surface area contributed by atoms with E-state index in [0.717, 1.165) is 19.5 Å². The molecular weight excluding hydrogens is 240 g/mol. The molecule has 0 aromatic rings. The minimum Gasteiger partial charge on any atom is -0.391 e. The smallest absolute Gasteiger partial charge is 0.224 e. The Labute approximate surface area is 110 Å². The summed E-state index contributed by atoms with van der Waals surface area (Å²) in [5.74, 6) is 0.153. The molecule has 0 aromatic carbocycles. The van der Waals surface area contributed by atoms with Crippen LogP contribution in [-0.2, 0) is 4.79 Å². The fourth-order valence-electron chi connectivity index (χ4n) is 2.02. The van der Waals surface area contributed by atoms with Crippen molar-refractivity contribution >= 4 is 18.3 Å². The van der Waals surface area contributed by atoms with Gasteiger partial charge in [0, 0.05) is 13.1 Å². The summed E-state index contributed by atoms with van der Waals surface area (Å²) in [5, 5.41) is 15.7. The summed E-state index contributed by atoms with van der Waals surface area (Å²) in [4.78, 5) is 11.7. The van der Waals surface area contributed by atoms with E-state index in [0.29, 0.717) is 13.0 Å². The van der Waals surface area contributed by atoms with E-state index in [-0.39, 0.29) is 29.6 Å². The Morgan fingerprint density at radius 3 is 2.65 bits per heavy atom. The SMILES string of the molecule is CC(C)(C)CC(O)CNC(=O)C1CCNC1.Cl. The van der Waals surface area contributed by atoms with Gasteiger partial charge in [0.25, 0.3) is 0 Å². The molecule has 17 heavy (non-hydrogen) atoms. The van der Waals surface area contributed by atoms with Crippen LogP contribution in [0.25, 0.3) is 0 Å². The molecular formula is C12H25ClN2O2. The van der Waals surface area contributed by atoms with Gasteiger partial charge in [0.15, 0.2) is 0 Å². The maximum Gasteiger partial charge on any atom is 0.224 e. The maximum absolute atomic E-state index is 11.7. The molecule has 0 bridgehead atoms. The molecule has 2 unspecified atom stereocenters. The topological polar surface area (TPSA) is 61.4 Å². The zero-order valence-electron chi connectivity index (χ0n) is 11.0. The van der Waals surface area contributed by atoms with Gasteiger partial charge in [-0.1, -0.05) is 20.8 Å². The van der Waals surface area contributed by atoms with Gasteiger partial charge >= 0.3 is 0 Å². The van der Waals surface area contributed by atoms with E-state index in [2.05, 4.69) is 31.4 Å². The van der Waals surface area contributed by atoms with Crippen molar-refractivity contribution in [2.75, 3.05) is 19.6 Å². The van der Waals surface area contributed by atoms with Gasteiger partial charge in [0.2, 0.25) is 5.91 Å². The van der Waals surface area contributed by atoms with Crippen LogP contribution < -0.4 is 10.6 Å². The standard InChI is InChI=1S/C12H24N2O2.ClH/c1-12(2,3)6-10(15)8-14-11(16)9-4-5-13-7-9;/h9-10,13,15H,4-8H2,1-3H3,(H,14,16);1H. The summed E-state index contributed by atoms with van der Waals surface area (Å²) in [6, 6.07) is 0. The number of carbonyl (C=O) groups excluding carboxylic acids is 1. The molecule has 0 aliphatic carbocycles. The second-order valence-electron chi connectivity index (χ2n) is 5.85. The normalized spacial score (nSPS) is 21.8. The van der Waals surface area contributed by atoms with Gasteiger partial charge in [-0.05, 0) is 24.8 Å². The van der Waals surface area contributed by atoms with Crippen molar-refractivity contribution in [1.29, 1.82) is 0 Å². The first kappa shape index (κ1) is 16.7. The third-order valence-corrected chi connectivity index (χ3v) is 2.79. The molecule has 1 aliphatic heterocycles. The van der Waals surface area contributed by atoms with Crippen LogP contribution in [0.2, 0.25) is 0 Å². The molecule has 0 radical (unpaired) electrons. The number of hydrogen-bond donors (Lipinski definition) is 3. The molecule has 1 rings (SSSR count). The Kier molecular flexibility index (Phi) is 7.05. The molecule has 1 aliphatic rings. The molecule has 0 saturated carbocycles. The molecule has 102 valence electrons. The van der Waals surface area contributed by atoms with Crippen molar-refractivity contribution in [3.8, 4) is 0 Å². The predicted molar refractivity (Wildman–Crippen MR) is 71.3 cm³/mol. The Morgan fingerprint density at radius 2 is 2.18 bits per heavy atom. The van der Waals surface area contributed by atoms with E-state index in [1.165, 1.54) is 0 Å². The van der Waals surface area contributed by atoms with Crippen LogP contribution in [0.15, 0.2) is 0 Å². The van der Waals surface area contributed by atoms with Crippen LogP contribution in [0.5, 0.6) is 0 Å². The van der Waals surface area contributed by atoms with E-state index in [1.54, 1.807) is 0 Å². The molecule has 0 aromatic heterocycles.